The van der Waals surface area contributed by atoms with Gasteiger partial charge < -0.3 is 14.2 Å². The molecule has 1 amide bonds. The normalized spacial score (nSPS) is 24.3. The third-order valence-corrected chi connectivity index (χ3v) is 6.01. The third-order valence-electron chi connectivity index (χ3n) is 6.01. The lowest BCUT2D eigenvalue weighted by atomic mass is 9.96. The Morgan fingerprint density at radius 1 is 1.17 bits per heavy atom. The van der Waals surface area contributed by atoms with Crippen molar-refractivity contribution >= 4 is 12.1 Å². The minimum atomic E-state index is -0.987. The molecular formula is C23H34N2O5. The number of hydrogen-bond donors (Lipinski definition) is 0. The summed E-state index contributed by atoms with van der Waals surface area (Å²) in [6.45, 7) is 9.46. The first kappa shape index (κ1) is 22.6. The fraction of sp³-hybridized carbons (Fsp3) is 0.652. The van der Waals surface area contributed by atoms with Crippen molar-refractivity contribution in [1.29, 1.82) is 0 Å². The highest BCUT2D eigenvalue weighted by molar-refractivity contribution is 5.80. The summed E-state index contributed by atoms with van der Waals surface area (Å²) >= 11 is 0. The molecule has 2 saturated heterocycles. The summed E-state index contributed by atoms with van der Waals surface area (Å²) in [6.07, 6.45) is 1.25. The van der Waals surface area contributed by atoms with Crippen molar-refractivity contribution in [2.24, 2.45) is 0 Å². The molecule has 2 atom stereocenters. The number of benzene rings is 1. The summed E-state index contributed by atoms with van der Waals surface area (Å²) in [6, 6.07) is 9.89. The van der Waals surface area contributed by atoms with Crippen LogP contribution in [0.5, 0.6) is 0 Å². The van der Waals surface area contributed by atoms with Crippen molar-refractivity contribution in [3.63, 3.8) is 0 Å². The number of carbonyl (C=O) groups excluding carboxylic acids is 2. The van der Waals surface area contributed by atoms with Gasteiger partial charge in [-0.3, -0.25) is 9.80 Å². The molecule has 0 unspecified atom stereocenters. The largest absolute Gasteiger partial charge is 0.466 e. The lowest BCUT2D eigenvalue weighted by Crippen LogP contribution is -2.57. The van der Waals surface area contributed by atoms with Gasteiger partial charge in [-0.1, -0.05) is 36.8 Å². The van der Waals surface area contributed by atoms with Gasteiger partial charge in [-0.15, -0.1) is 0 Å². The van der Waals surface area contributed by atoms with Crippen LogP contribution in [0, 0.1) is 0 Å². The molecule has 2 heterocycles. The van der Waals surface area contributed by atoms with Crippen molar-refractivity contribution in [3.8, 4) is 0 Å². The van der Waals surface area contributed by atoms with Crippen molar-refractivity contribution < 1.29 is 23.8 Å². The highest BCUT2D eigenvalue weighted by Gasteiger charge is 2.51. The number of ether oxygens (including phenoxy) is 3. The lowest BCUT2D eigenvalue weighted by molar-refractivity contribution is -0.158. The number of hydrogen-bond acceptors (Lipinski definition) is 6. The Morgan fingerprint density at radius 2 is 1.87 bits per heavy atom. The number of piperidine rings is 1. The van der Waals surface area contributed by atoms with Crippen LogP contribution in [0.15, 0.2) is 30.3 Å². The Kier molecular flexibility index (Phi) is 6.72. The van der Waals surface area contributed by atoms with E-state index >= 15 is 0 Å². The van der Waals surface area contributed by atoms with Crippen LogP contribution < -0.4 is 0 Å². The van der Waals surface area contributed by atoms with Gasteiger partial charge in [-0.05, 0) is 52.6 Å². The van der Waals surface area contributed by atoms with E-state index in [-0.39, 0.29) is 6.04 Å². The van der Waals surface area contributed by atoms with Crippen LogP contribution in [0.1, 0.15) is 52.5 Å². The summed E-state index contributed by atoms with van der Waals surface area (Å²) < 4.78 is 16.7. The average Bonchev–Trinajstić information content (AvgIpc) is 2.94. The molecule has 30 heavy (non-hydrogen) atoms. The molecule has 3 rings (SSSR count). The highest BCUT2D eigenvalue weighted by Crippen LogP contribution is 2.36. The summed E-state index contributed by atoms with van der Waals surface area (Å²) in [4.78, 5) is 29.7. The molecule has 0 aliphatic carbocycles. The van der Waals surface area contributed by atoms with Gasteiger partial charge in [0.25, 0.3) is 0 Å². The molecule has 1 aromatic carbocycles. The number of likely N-dealkylation sites (tertiary alicyclic amines) is 1. The van der Waals surface area contributed by atoms with E-state index in [4.69, 9.17) is 14.2 Å². The molecule has 166 valence electrons. The zero-order chi connectivity index (χ0) is 21.9. The van der Waals surface area contributed by atoms with Crippen LogP contribution in [0.3, 0.4) is 0 Å². The summed E-state index contributed by atoms with van der Waals surface area (Å²) in [5.74, 6) is -0.524. The minimum Gasteiger partial charge on any atom is -0.466 e. The van der Waals surface area contributed by atoms with E-state index < -0.39 is 29.4 Å². The summed E-state index contributed by atoms with van der Waals surface area (Å²) in [5, 5.41) is 0. The van der Waals surface area contributed by atoms with Crippen LogP contribution in [0.25, 0.3) is 0 Å². The van der Waals surface area contributed by atoms with Gasteiger partial charge >= 0.3 is 12.1 Å². The van der Waals surface area contributed by atoms with Gasteiger partial charge in [0.1, 0.15) is 5.72 Å². The standard InChI is InChI=1S/C23H34N2O5/c1-22(2)16-29-23(3,4)25(22)21(27)30-19(20(26)28-5)18-13-9-10-14-24(18)15-17-11-7-6-8-12-17/h6-8,11-12,18-19H,9-10,13-16H2,1-5H3/t18-,19-/m0/s1. The molecule has 0 saturated carbocycles. The Labute approximate surface area is 179 Å². The average molecular weight is 419 g/mol. The van der Waals surface area contributed by atoms with Crippen molar-refractivity contribution in [3.05, 3.63) is 35.9 Å². The van der Waals surface area contributed by atoms with Gasteiger partial charge in [-0.2, -0.15) is 0 Å². The van der Waals surface area contributed by atoms with Crippen molar-refractivity contribution in [2.45, 2.75) is 76.9 Å². The molecular weight excluding hydrogens is 384 g/mol. The monoisotopic (exact) mass is 418 g/mol. The third kappa shape index (κ3) is 4.78. The maximum Gasteiger partial charge on any atom is 0.413 e. The zero-order valence-corrected chi connectivity index (χ0v) is 18.7. The smallest absolute Gasteiger partial charge is 0.413 e. The van der Waals surface area contributed by atoms with E-state index in [0.717, 1.165) is 31.4 Å². The second kappa shape index (κ2) is 8.94. The zero-order valence-electron chi connectivity index (χ0n) is 18.7. The number of amides is 1. The number of esters is 1. The fourth-order valence-electron chi connectivity index (χ4n) is 4.61. The summed E-state index contributed by atoms with van der Waals surface area (Å²) in [7, 11) is 1.33. The topological polar surface area (TPSA) is 68.3 Å². The molecule has 0 spiro atoms. The van der Waals surface area contributed by atoms with Crippen LogP contribution in [-0.4, -0.2) is 65.5 Å². The number of nitrogens with zero attached hydrogens (tertiary/aromatic N) is 2. The van der Waals surface area contributed by atoms with Gasteiger partial charge in [0.2, 0.25) is 6.10 Å². The SMILES string of the molecule is COC(=O)[C@@H](OC(=O)N1C(C)(C)COC1(C)C)[C@@H]1CCCCN1Cc1ccccc1. The van der Waals surface area contributed by atoms with Gasteiger partial charge in [0, 0.05) is 6.54 Å². The van der Waals surface area contributed by atoms with E-state index in [9.17, 15) is 9.59 Å². The predicted molar refractivity (Wildman–Crippen MR) is 113 cm³/mol. The second-order valence-electron chi connectivity index (χ2n) is 9.23. The molecule has 7 heteroatoms. The van der Waals surface area contributed by atoms with Crippen LogP contribution in [0.4, 0.5) is 4.79 Å². The molecule has 7 nitrogen and oxygen atoms in total. The Morgan fingerprint density at radius 3 is 2.47 bits per heavy atom. The van der Waals surface area contributed by atoms with Crippen molar-refractivity contribution in [2.75, 3.05) is 20.3 Å². The molecule has 1 aromatic rings. The van der Waals surface area contributed by atoms with Crippen LogP contribution in [0.2, 0.25) is 0 Å². The van der Waals surface area contributed by atoms with E-state index in [1.54, 1.807) is 4.90 Å². The number of rotatable bonds is 5. The van der Waals surface area contributed by atoms with E-state index in [1.807, 2.05) is 45.9 Å². The quantitative estimate of drug-likeness (QED) is 0.681. The maximum absolute atomic E-state index is 13.2. The number of methoxy groups -OCH3 is 1. The molecule has 0 N–H and O–H groups in total. The predicted octanol–water partition coefficient (Wildman–Crippen LogP) is 3.57. The molecule has 0 radical (unpaired) electrons. The Balaban J connectivity index is 1.82. The minimum absolute atomic E-state index is 0.231. The first-order valence-electron chi connectivity index (χ1n) is 10.7. The van der Waals surface area contributed by atoms with Crippen LogP contribution in [-0.2, 0) is 25.5 Å². The van der Waals surface area contributed by atoms with Gasteiger partial charge in [0.15, 0.2) is 0 Å². The lowest BCUT2D eigenvalue weighted by Gasteiger charge is -2.41. The first-order chi connectivity index (χ1) is 14.2. The maximum atomic E-state index is 13.2. The Bertz CT molecular complexity index is 733. The molecule has 2 aliphatic heterocycles. The molecule has 0 bridgehead atoms. The fourth-order valence-corrected chi connectivity index (χ4v) is 4.61. The van der Waals surface area contributed by atoms with Crippen molar-refractivity contribution in [1.82, 2.24) is 9.80 Å². The van der Waals surface area contributed by atoms with E-state index in [2.05, 4.69) is 17.0 Å². The van der Waals surface area contributed by atoms with E-state index in [0.29, 0.717) is 13.2 Å². The first-order valence-corrected chi connectivity index (χ1v) is 10.7. The van der Waals surface area contributed by atoms with Gasteiger partial charge in [-0.25, -0.2) is 9.59 Å². The molecule has 2 aliphatic rings. The van der Waals surface area contributed by atoms with E-state index in [1.165, 1.54) is 7.11 Å². The second-order valence-corrected chi connectivity index (χ2v) is 9.23. The highest BCUT2D eigenvalue weighted by atomic mass is 16.6. The Hall–Kier alpha value is -2.12. The summed E-state index contributed by atoms with van der Waals surface area (Å²) in [5.41, 5.74) is -0.177. The van der Waals surface area contributed by atoms with Gasteiger partial charge in [0.05, 0.1) is 25.3 Å². The molecule has 2 fully saturated rings. The van der Waals surface area contributed by atoms with Crippen LogP contribution >= 0.6 is 0 Å². The number of carbonyl (C=O) groups is 2. The molecule has 0 aromatic heterocycles.